The minimum atomic E-state index is -0.623. The number of rotatable bonds is 2. The summed E-state index contributed by atoms with van der Waals surface area (Å²) in [7, 11) is 0. The van der Waals surface area contributed by atoms with Crippen LogP contribution in [0.4, 0.5) is 10.1 Å². The molecule has 0 saturated heterocycles. The number of anilines is 1. The summed E-state index contributed by atoms with van der Waals surface area (Å²) in [4.78, 5) is 12.0. The zero-order valence-corrected chi connectivity index (χ0v) is 11.4. The van der Waals surface area contributed by atoms with Gasteiger partial charge in [0, 0.05) is 5.69 Å². The van der Waals surface area contributed by atoms with Crippen LogP contribution in [0.3, 0.4) is 0 Å². The topological polar surface area (TPSA) is 52.3 Å². The second-order valence-corrected chi connectivity index (χ2v) is 5.68. The van der Waals surface area contributed by atoms with Gasteiger partial charge in [0.2, 0.25) is 0 Å². The van der Waals surface area contributed by atoms with Gasteiger partial charge in [-0.1, -0.05) is 13.8 Å². The van der Waals surface area contributed by atoms with E-state index in [1.54, 1.807) is 0 Å². The minimum Gasteiger partial charge on any atom is -0.459 e. The Hall–Kier alpha value is -1.58. The number of hydrogen-bond donors (Lipinski definition) is 1. The molecule has 2 N–H and O–H groups in total. The maximum atomic E-state index is 13.6. The molecule has 0 heterocycles. The first kappa shape index (κ1) is 13.8. The lowest BCUT2D eigenvalue weighted by molar-refractivity contribution is 0.00762. The number of nitrogen functional groups attached to an aromatic ring is 1. The maximum Gasteiger partial charge on any atom is 0.341 e. The summed E-state index contributed by atoms with van der Waals surface area (Å²) in [5.74, 6) is -0.138. The van der Waals surface area contributed by atoms with Crippen LogP contribution in [0.2, 0.25) is 0 Å². The summed E-state index contributed by atoms with van der Waals surface area (Å²) < 4.78 is 19.0. The molecule has 2 atom stereocenters. The van der Waals surface area contributed by atoms with Gasteiger partial charge >= 0.3 is 5.97 Å². The van der Waals surface area contributed by atoms with Gasteiger partial charge in [0.05, 0.1) is 5.56 Å². The molecule has 1 aromatic carbocycles. The lowest BCUT2D eigenvalue weighted by Crippen LogP contribution is -2.28. The van der Waals surface area contributed by atoms with Gasteiger partial charge < -0.3 is 10.5 Å². The highest BCUT2D eigenvalue weighted by atomic mass is 19.1. The summed E-state index contributed by atoms with van der Waals surface area (Å²) in [6, 6.07) is 4.02. The Morgan fingerprint density at radius 1 is 1.26 bits per heavy atom. The van der Waals surface area contributed by atoms with Crippen LogP contribution in [0.15, 0.2) is 18.2 Å². The summed E-state index contributed by atoms with van der Waals surface area (Å²) >= 11 is 0. The van der Waals surface area contributed by atoms with Gasteiger partial charge in [-0.15, -0.1) is 0 Å². The van der Waals surface area contributed by atoms with E-state index in [0.717, 1.165) is 25.3 Å². The van der Waals surface area contributed by atoms with Crippen LogP contribution in [0.1, 0.15) is 43.5 Å². The Bertz CT molecular complexity index is 465. The van der Waals surface area contributed by atoms with Gasteiger partial charge in [-0.2, -0.15) is 0 Å². The molecule has 0 aromatic heterocycles. The second-order valence-electron chi connectivity index (χ2n) is 5.68. The fourth-order valence-electron chi connectivity index (χ4n) is 2.88. The molecule has 3 nitrogen and oxygen atoms in total. The van der Waals surface area contributed by atoms with E-state index in [1.165, 1.54) is 12.1 Å². The number of benzene rings is 1. The van der Waals surface area contributed by atoms with Crippen molar-refractivity contribution in [1.82, 2.24) is 0 Å². The molecular formula is C15H20FNO2. The van der Waals surface area contributed by atoms with E-state index in [2.05, 4.69) is 13.8 Å². The van der Waals surface area contributed by atoms with Crippen LogP contribution in [0, 0.1) is 17.7 Å². The number of carbonyl (C=O) groups is 1. The molecule has 104 valence electrons. The molecule has 1 aliphatic rings. The number of ether oxygens (including phenoxy) is 1. The molecular weight excluding hydrogens is 245 g/mol. The van der Waals surface area contributed by atoms with Gasteiger partial charge in [0.15, 0.2) is 0 Å². The molecule has 19 heavy (non-hydrogen) atoms. The maximum absolute atomic E-state index is 13.6. The van der Waals surface area contributed by atoms with E-state index in [9.17, 15) is 9.18 Å². The number of hydrogen-bond acceptors (Lipinski definition) is 3. The van der Waals surface area contributed by atoms with Gasteiger partial charge in [-0.05, 0) is 49.3 Å². The van der Waals surface area contributed by atoms with Gasteiger partial charge in [0.25, 0.3) is 0 Å². The van der Waals surface area contributed by atoms with Crippen molar-refractivity contribution in [3.63, 3.8) is 0 Å². The van der Waals surface area contributed by atoms with Crippen LogP contribution < -0.4 is 5.73 Å². The number of esters is 1. The quantitative estimate of drug-likeness (QED) is 0.658. The Labute approximate surface area is 112 Å². The molecule has 0 bridgehead atoms. The summed E-state index contributed by atoms with van der Waals surface area (Å²) in [5.41, 5.74) is 5.71. The summed E-state index contributed by atoms with van der Waals surface area (Å²) in [5, 5.41) is 0. The van der Waals surface area contributed by atoms with E-state index in [4.69, 9.17) is 10.5 Å². The SMILES string of the molecule is CC1CC(C)CC(OC(=O)c2ccc(N)cc2F)C1. The molecule has 1 aromatic rings. The summed E-state index contributed by atoms with van der Waals surface area (Å²) in [6.45, 7) is 4.31. The fourth-order valence-corrected chi connectivity index (χ4v) is 2.88. The largest absolute Gasteiger partial charge is 0.459 e. The number of carbonyl (C=O) groups excluding carboxylic acids is 1. The first-order valence-electron chi connectivity index (χ1n) is 6.71. The van der Waals surface area contributed by atoms with Crippen LogP contribution >= 0.6 is 0 Å². The standard InChI is InChI=1S/C15H20FNO2/c1-9-5-10(2)7-12(6-9)19-15(18)13-4-3-11(17)8-14(13)16/h3-4,8-10,12H,5-7,17H2,1-2H3. The van der Waals surface area contributed by atoms with E-state index < -0.39 is 11.8 Å². The molecule has 0 radical (unpaired) electrons. The molecule has 2 unspecified atom stereocenters. The third-order valence-corrected chi connectivity index (χ3v) is 3.62. The molecule has 4 heteroatoms. The van der Waals surface area contributed by atoms with Crippen molar-refractivity contribution in [2.45, 2.75) is 39.2 Å². The predicted molar refractivity (Wildman–Crippen MR) is 72.2 cm³/mol. The van der Waals surface area contributed by atoms with Crippen LogP contribution in [0.25, 0.3) is 0 Å². The normalized spacial score (nSPS) is 27.0. The molecule has 2 rings (SSSR count). The van der Waals surface area contributed by atoms with Crippen molar-refractivity contribution in [2.75, 3.05) is 5.73 Å². The highest BCUT2D eigenvalue weighted by Crippen LogP contribution is 2.31. The Balaban J connectivity index is 2.04. The van der Waals surface area contributed by atoms with Gasteiger partial charge in [0.1, 0.15) is 11.9 Å². The van der Waals surface area contributed by atoms with Crippen molar-refractivity contribution in [2.24, 2.45) is 11.8 Å². The average Bonchev–Trinajstić information content (AvgIpc) is 2.26. The smallest absolute Gasteiger partial charge is 0.341 e. The van der Waals surface area contributed by atoms with E-state index in [0.29, 0.717) is 17.5 Å². The lowest BCUT2D eigenvalue weighted by Gasteiger charge is -2.31. The zero-order chi connectivity index (χ0) is 14.0. The molecule has 1 fully saturated rings. The average molecular weight is 265 g/mol. The third kappa shape index (κ3) is 3.46. The highest BCUT2D eigenvalue weighted by molar-refractivity contribution is 5.90. The fraction of sp³-hybridized carbons (Fsp3) is 0.533. The van der Waals surface area contributed by atoms with E-state index in [1.807, 2.05) is 0 Å². The Morgan fingerprint density at radius 3 is 2.47 bits per heavy atom. The molecule has 0 spiro atoms. The Morgan fingerprint density at radius 2 is 1.89 bits per heavy atom. The van der Waals surface area contributed by atoms with Gasteiger partial charge in [-0.25, -0.2) is 9.18 Å². The van der Waals surface area contributed by atoms with Crippen LogP contribution in [-0.4, -0.2) is 12.1 Å². The van der Waals surface area contributed by atoms with Gasteiger partial charge in [-0.3, -0.25) is 0 Å². The van der Waals surface area contributed by atoms with Crippen molar-refractivity contribution >= 4 is 11.7 Å². The van der Waals surface area contributed by atoms with Crippen molar-refractivity contribution in [1.29, 1.82) is 0 Å². The summed E-state index contributed by atoms with van der Waals surface area (Å²) in [6.07, 6.45) is 2.76. The minimum absolute atomic E-state index is 0.0416. The molecule has 1 aliphatic carbocycles. The van der Waals surface area contributed by atoms with E-state index in [-0.39, 0.29) is 11.7 Å². The monoisotopic (exact) mass is 265 g/mol. The molecule has 1 saturated carbocycles. The number of halogens is 1. The van der Waals surface area contributed by atoms with Crippen molar-refractivity contribution in [3.8, 4) is 0 Å². The molecule has 0 aliphatic heterocycles. The second kappa shape index (κ2) is 5.59. The number of nitrogens with two attached hydrogens (primary N) is 1. The lowest BCUT2D eigenvalue weighted by atomic mass is 9.82. The van der Waals surface area contributed by atoms with Crippen LogP contribution in [-0.2, 0) is 4.74 Å². The first-order valence-corrected chi connectivity index (χ1v) is 6.71. The predicted octanol–water partition coefficient (Wildman–Crippen LogP) is 3.39. The zero-order valence-electron chi connectivity index (χ0n) is 11.4. The van der Waals surface area contributed by atoms with Crippen LogP contribution in [0.5, 0.6) is 0 Å². The van der Waals surface area contributed by atoms with E-state index >= 15 is 0 Å². The first-order chi connectivity index (χ1) is 8.95. The highest BCUT2D eigenvalue weighted by Gasteiger charge is 2.27. The van der Waals surface area contributed by atoms with Crippen molar-refractivity contribution in [3.05, 3.63) is 29.6 Å². The van der Waals surface area contributed by atoms with Crippen molar-refractivity contribution < 1.29 is 13.9 Å². The molecule has 0 amide bonds. The third-order valence-electron chi connectivity index (χ3n) is 3.62. The Kier molecular flexibility index (Phi) is 4.08.